The Hall–Kier alpha value is -2.10. The number of hydrogen-bond acceptors (Lipinski definition) is 4. The summed E-state index contributed by atoms with van der Waals surface area (Å²) in [5.41, 5.74) is 1.28. The van der Waals surface area contributed by atoms with Crippen molar-refractivity contribution in [1.29, 1.82) is 0 Å². The van der Waals surface area contributed by atoms with Crippen LogP contribution in [0.4, 0.5) is 0 Å². The molecule has 1 saturated carbocycles. The van der Waals surface area contributed by atoms with E-state index in [9.17, 15) is 9.59 Å². The van der Waals surface area contributed by atoms with E-state index in [1.807, 2.05) is 19.1 Å². The highest BCUT2D eigenvalue weighted by Crippen LogP contribution is 2.52. The standard InChI is InChI=1S/C25H34N4O3.HI/c1-3-26-25(27-13-4-6-17-7-11-20(32-2)12-8-17)28-14-5-15-29-23(30)21-18-9-10-19(16-18)22(21)24(29)31;/h7-12,18-19,21-22H,3-6,13-16H2,1-2H3,(H2,26,27,28);1H. The van der Waals surface area contributed by atoms with Gasteiger partial charge in [0.2, 0.25) is 11.8 Å². The zero-order valence-corrected chi connectivity index (χ0v) is 21.8. The van der Waals surface area contributed by atoms with Crippen LogP contribution in [0.1, 0.15) is 31.7 Å². The number of benzene rings is 1. The van der Waals surface area contributed by atoms with E-state index in [-0.39, 0.29) is 59.5 Å². The molecule has 0 radical (unpaired) electrons. The minimum absolute atomic E-state index is 0. The number of allylic oxidation sites excluding steroid dienone is 2. The zero-order chi connectivity index (χ0) is 22.5. The second-order valence-electron chi connectivity index (χ2n) is 8.82. The molecule has 4 unspecified atom stereocenters. The molecule has 4 rings (SSSR count). The number of aliphatic imine (C=N–C) groups is 1. The number of fused-ring (bicyclic) bond motifs is 5. The first kappa shape index (κ1) is 25.5. The van der Waals surface area contributed by atoms with Crippen molar-refractivity contribution >= 4 is 41.8 Å². The average Bonchev–Trinajstić information content (AvgIpc) is 3.49. The minimum Gasteiger partial charge on any atom is -0.497 e. The number of nitrogens with zero attached hydrogens (tertiary/aromatic N) is 2. The molecule has 33 heavy (non-hydrogen) atoms. The van der Waals surface area contributed by atoms with Gasteiger partial charge in [0.15, 0.2) is 5.96 Å². The van der Waals surface area contributed by atoms with Gasteiger partial charge < -0.3 is 15.4 Å². The number of likely N-dealkylation sites (tertiary alicyclic amines) is 1. The van der Waals surface area contributed by atoms with E-state index in [2.05, 4.69) is 39.9 Å². The Bertz CT molecular complexity index is 856. The molecule has 4 atom stereocenters. The third-order valence-corrected chi connectivity index (χ3v) is 6.81. The summed E-state index contributed by atoms with van der Waals surface area (Å²) in [6.07, 6.45) is 7.90. The van der Waals surface area contributed by atoms with Gasteiger partial charge in [0.25, 0.3) is 0 Å². The van der Waals surface area contributed by atoms with E-state index < -0.39 is 0 Å². The summed E-state index contributed by atoms with van der Waals surface area (Å²) < 4.78 is 5.20. The highest BCUT2D eigenvalue weighted by Gasteiger charge is 2.58. The molecule has 2 aliphatic carbocycles. The number of imide groups is 1. The van der Waals surface area contributed by atoms with Crippen LogP contribution in [-0.4, -0.2) is 56.0 Å². The van der Waals surface area contributed by atoms with Crippen molar-refractivity contribution < 1.29 is 14.3 Å². The fraction of sp³-hybridized carbons (Fsp3) is 0.560. The van der Waals surface area contributed by atoms with Gasteiger partial charge in [-0.2, -0.15) is 0 Å². The second kappa shape index (κ2) is 11.9. The number of ether oxygens (including phenoxy) is 1. The molecule has 2 bridgehead atoms. The van der Waals surface area contributed by atoms with Crippen molar-refractivity contribution in [3.8, 4) is 5.75 Å². The predicted molar refractivity (Wildman–Crippen MR) is 140 cm³/mol. The summed E-state index contributed by atoms with van der Waals surface area (Å²) in [7, 11) is 1.67. The van der Waals surface area contributed by atoms with E-state index in [1.165, 1.54) is 10.5 Å². The Morgan fingerprint density at radius 3 is 2.33 bits per heavy atom. The van der Waals surface area contributed by atoms with Crippen molar-refractivity contribution in [2.24, 2.45) is 28.7 Å². The maximum Gasteiger partial charge on any atom is 0.233 e. The third kappa shape index (κ3) is 5.70. The van der Waals surface area contributed by atoms with Crippen molar-refractivity contribution in [2.75, 3.05) is 33.3 Å². The molecule has 8 heteroatoms. The van der Waals surface area contributed by atoms with Crippen molar-refractivity contribution in [3.05, 3.63) is 42.0 Å². The third-order valence-electron chi connectivity index (χ3n) is 6.81. The summed E-state index contributed by atoms with van der Waals surface area (Å²) >= 11 is 0. The topological polar surface area (TPSA) is 83.0 Å². The van der Waals surface area contributed by atoms with E-state index in [4.69, 9.17) is 4.74 Å². The van der Waals surface area contributed by atoms with Crippen LogP contribution in [-0.2, 0) is 16.0 Å². The Kier molecular flexibility index (Phi) is 9.17. The lowest BCUT2D eigenvalue weighted by Crippen LogP contribution is -2.38. The summed E-state index contributed by atoms with van der Waals surface area (Å²) in [4.78, 5) is 31.6. The number of rotatable bonds is 10. The molecule has 180 valence electrons. The molecule has 1 aliphatic heterocycles. The second-order valence-corrected chi connectivity index (χ2v) is 8.82. The number of nitrogens with one attached hydrogen (secondary N) is 2. The Morgan fingerprint density at radius 1 is 1.06 bits per heavy atom. The summed E-state index contributed by atoms with van der Waals surface area (Å²) in [5.74, 6) is 2.04. The maximum absolute atomic E-state index is 12.7. The number of carbonyl (C=O) groups is 2. The number of amides is 2. The van der Waals surface area contributed by atoms with Crippen LogP contribution >= 0.6 is 24.0 Å². The van der Waals surface area contributed by atoms with E-state index in [0.717, 1.165) is 44.1 Å². The van der Waals surface area contributed by atoms with Gasteiger partial charge in [-0.15, -0.1) is 24.0 Å². The molecule has 1 aromatic rings. The van der Waals surface area contributed by atoms with Gasteiger partial charge in [-0.3, -0.25) is 19.5 Å². The number of carbonyl (C=O) groups excluding carboxylic acids is 2. The van der Waals surface area contributed by atoms with Gasteiger partial charge in [0, 0.05) is 26.2 Å². The first-order valence-electron chi connectivity index (χ1n) is 11.8. The number of halogens is 1. The lowest BCUT2D eigenvalue weighted by molar-refractivity contribution is -0.140. The molecule has 2 N–H and O–H groups in total. The maximum atomic E-state index is 12.7. The van der Waals surface area contributed by atoms with Gasteiger partial charge in [-0.1, -0.05) is 24.3 Å². The zero-order valence-electron chi connectivity index (χ0n) is 19.5. The van der Waals surface area contributed by atoms with Gasteiger partial charge in [0.1, 0.15) is 5.75 Å². The first-order valence-corrected chi connectivity index (χ1v) is 11.8. The first-order chi connectivity index (χ1) is 15.6. The normalized spacial score (nSPS) is 25.3. The highest BCUT2D eigenvalue weighted by molar-refractivity contribution is 14.0. The van der Waals surface area contributed by atoms with Crippen LogP contribution in [0.25, 0.3) is 0 Å². The average molecular weight is 566 g/mol. The monoisotopic (exact) mass is 566 g/mol. The van der Waals surface area contributed by atoms with E-state index in [0.29, 0.717) is 19.5 Å². The lowest BCUT2D eigenvalue weighted by Gasteiger charge is -2.17. The van der Waals surface area contributed by atoms with E-state index in [1.54, 1.807) is 7.11 Å². The van der Waals surface area contributed by atoms with Crippen molar-refractivity contribution in [1.82, 2.24) is 15.5 Å². The lowest BCUT2D eigenvalue weighted by atomic mass is 9.85. The molecule has 2 amide bonds. The minimum atomic E-state index is -0.106. The molecule has 0 aromatic heterocycles. The van der Waals surface area contributed by atoms with E-state index >= 15 is 0 Å². The molecule has 0 spiro atoms. The van der Waals surface area contributed by atoms with Crippen LogP contribution < -0.4 is 15.4 Å². The Balaban J connectivity index is 0.00000306. The Labute approximate surface area is 213 Å². The SMILES string of the molecule is CCNC(=NCCCN1C(=O)C2C3C=CC(C3)C2C1=O)NCCCc1ccc(OC)cc1.I. The molecular formula is C25H35IN4O3. The molecule has 1 saturated heterocycles. The van der Waals surface area contributed by atoms with Gasteiger partial charge in [-0.05, 0) is 62.1 Å². The van der Waals surface area contributed by atoms with Gasteiger partial charge in [-0.25, -0.2) is 0 Å². The number of methoxy groups -OCH3 is 1. The molecule has 2 fully saturated rings. The fourth-order valence-electron chi connectivity index (χ4n) is 5.24. The quantitative estimate of drug-likeness (QED) is 0.114. The number of aryl methyl sites for hydroxylation is 1. The summed E-state index contributed by atoms with van der Waals surface area (Å²) in [6, 6.07) is 8.15. The number of hydrogen-bond donors (Lipinski definition) is 2. The van der Waals surface area contributed by atoms with Crippen molar-refractivity contribution in [2.45, 2.75) is 32.6 Å². The largest absolute Gasteiger partial charge is 0.497 e. The molecular weight excluding hydrogens is 531 g/mol. The number of guanidine groups is 1. The van der Waals surface area contributed by atoms with Crippen molar-refractivity contribution in [3.63, 3.8) is 0 Å². The molecule has 7 nitrogen and oxygen atoms in total. The smallest absolute Gasteiger partial charge is 0.233 e. The molecule has 1 heterocycles. The predicted octanol–water partition coefficient (Wildman–Crippen LogP) is 3.00. The Morgan fingerprint density at radius 2 is 1.73 bits per heavy atom. The molecule has 3 aliphatic rings. The van der Waals surface area contributed by atoms with Gasteiger partial charge >= 0.3 is 0 Å². The highest BCUT2D eigenvalue weighted by atomic mass is 127. The summed E-state index contributed by atoms with van der Waals surface area (Å²) in [6.45, 7) is 4.68. The van der Waals surface area contributed by atoms with Crippen LogP contribution in [0, 0.1) is 23.7 Å². The van der Waals surface area contributed by atoms with Crippen LogP contribution in [0.5, 0.6) is 5.75 Å². The summed E-state index contributed by atoms with van der Waals surface area (Å²) in [5, 5.41) is 6.63. The van der Waals surface area contributed by atoms with Crippen LogP contribution in [0.15, 0.2) is 41.4 Å². The van der Waals surface area contributed by atoms with Crippen LogP contribution in [0.3, 0.4) is 0 Å². The molecule has 1 aromatic carbocycles. The van der Waals surface area contributed by atoms with Crippen LogP contribution in [0.2, 0.25) is 0 Å². The van der Waals surface area contributed by atoms with Gasteiger partial charge in [0.05, 0.1) is 18.9 Å². The fourth-order valence-corrected chi connectivity index (χ4v) is 5.24.